The van der Waals surface area contributed by atoms with E-state index in [1.54, 1.807) is 12.1 Å². The minimum absolute atomic E-state index is 0.0670. The van der Waals surface area contributed by atoms with Gasteiger partial charge in [0.25, 0.3) is 0 Å². The van der Waals surface area contributed by atoms with Gasteiger partial charge in [-0.1, -0.05) is 50.6 Å². The van der Waals surface area contributed by atoms with Crippen LogP contribution in [0.1, 0.15) is 60.8 Å². The second-order valence-electron chi connectivity index (χ2n) is 6.86. The fraction of sp³-hybridized carbons (Fsp3) is 0.364. The average Bonchev–Trinajstić information content (AvgIpc) is 3.08. The maximum Gasteiger partial charge on any atom is 0.355 e. The number of rotatable bonds is 9. The van der Waals surface area contributed by atoms with Gasteiger partial charge in [-0.15, -0.1) is 0 Å². The second kappa shape index (κ2) is 9.26. The maximum atomic E-state index is 11.4. The maximum absolute atomic E-state index is 11.4. The molecule has 0 radical (unpaired) electrons. The van der Waals surface area contributed by atoms with Gasteiger partial charge < -0.3 is 5.11 Å². The lowest BCUT2D eigenvalue weighted by Gasteiger charge is -2.08. The molecule has 1 N–H and O–H groups in total. The Bertz CT molecular complexity index is 932. The largest absolute Gasteiger partial charge is 0.476 e. The van der Waals surface area contributed by atoms with E-state index in [0.29, 0.717) is 12.1 Å². The van der Waals surface area contributed by atoms with E-state index in [1.165, 1.54) is 6.20 Å². The van der Waals surface area contributed by atoms with E-state index >= 15 is 0 Å². The first-order chi connectivity index (χ1) is 13.6. The Morgan fingerprint density at radius 1 is 1.07 bits per heavy atom. The summed E-state index contributed by atoms with van der Waals surface area (Å²) >= 11 is 0. The number of carbonyl (C=O) groups is 1. The van der Waals surface area contributed by atoms with Crippen LogP contribution in [-0.2, 0) is 19.4 Å². The van der Waals surface area contributed by atoms with Crippen molar-refractivity contribution in [3.05, 3.63) is 65.5 Å². The van der Waals surface area contributed by atoms with Crippen LogP contribution >= 0.6 is 0 Å². The van der Waals surface area contributed by atoms with Crippen LogP contribution in [0.5, 0.6) is 0 Å². The van der Waals surface area contributed by atoms with Crippen LogP contribution in [0.2, 0.25) is 0 Å². The van der Waals surface area contributed by atoms with Crippen molar-refractivity contribution < 1.29 is 9.90 Å². The van der Waals surface area contributed by atoms with E-state index in [1.807, 2.05) is 28.9 Å². The predicted octanol–water partition coefficient (Wildman–Crippen LogP) is 4.38. The van der Waals surface area contributed by atoms with Crippen LogP contribution < -0.4 is 0 Å². The lowest BCUT2D eigenvalue weighted by Crippen LogP contribution is -2.07. The summed E-state index contributed by atoms with van der Waals surface area (Å²) in [5.41, 5.74) is 2.63. The molecule has 6 heteroatoms. The van der Waals surface area contributed by atoms with E-state index in [2.05, 4.69) is 18.8 Å². The SMILES string of the molecule is CCCCc1nc(CCC)n(Cc2ccc(-c3cccnc3C(=O)O)cc2)n1. The standard InChI is InChI=1S/C22H26N4O2/c1-3-5-9-19-24-20(7-4-2)26(25-19)15-16-10-12-17(13-11-16)18-8-6-14-23-21(18)22(27)28/h6,8,10-14H,3-5,7,9,15H2,1-2H3,(H,27,28). The molecule has 0 aliphatic heterocycles. The molecule has 6 nitrogen and oxygen atoms in total. The highest BCUT2D eigenvalue weighted by atomic mass is 16.4. The molecule has 2 aromatic heterocycles. The van der Waals surface area contributed by atoms with Crippen molar-refractivity contribution >= 4 is 5.97 Å². The zero-order chi connectivity index (χ0) is 19.9. The molecule has 28 heavy (non-hydrogen) atoms. The molecule has 0 amide bonds. The molecule has 0 aliphatic rings. The van der Waals surface area contributed by atoms with Crippen LogP contribution in [0.25, 0.3) is 11.1 Å². The summed E-state index contributed by atoms with van der Waals surface area (Å²) in [4.78, 5) is 20.1. The topological polar surface area (TPSA) is 80.9 Å². The molecule has 0 spiro atoms. The quantitative estimate of drug-likeness (QED) is 0.597. The normalized spacial score (nSPS) is 10.9. The summed E-state index contributed by atoms with van der Waals surface area (Å²) in [5.74, 6) is 0.924. The number of carboxylic acids is 1. The third-order valence-corrected chi connectivity index (χ3v) is 4.63. The smallest absolute Gasteiger partial charge is 0.355 e. The van der Waals surface area contributed by atoms with Gasteiger partial charge in [0.1, 0.15) is 5.82 Å². The molecule has 0 saturated carbocycles. The van der Waals surface area contributed by atoms with Gasteiger partial charge >= 0.3 is 5.97 Å². The highest BCUT2D eigenvalue weighted by molar-refractivity contribution is 5.93. The zero-order valence-corrected chi connectivity index (χ0v) is 16.4. The van der Waals surface area contributed by atoms with E-state index in [9.17, 15) is 9.90 Å². The monoisotopic (exact) mass is 378 g/mol. The summed E-state index contributed by atoms with van der Waals surface area (Å²) in [5, 5.41) is 14.0. The highest BCUT2D eigenvalue weighted by Crippen LogP contribution is 2.23. The Morgan fingerprint density at radius 2 is 1.86 bits per heavy atom. The molecular formula is C22H26N4O2. The fourth-order valence-electron chi connectivity index (χ4n) is 3.17. The summed E-state index contributed by atoms with van der Waals surface area (Å²) in [6.07, 6.45) is 6.58. The molecule has 3 rings (SSSR count). The molecule has 0 aliphatic carbocycles. The zero-order valence-electron chi connectivity index (χ0n) is 16.4. The van der Waals surface area contributed by atoms with Crippen LogP contribution in [0.4, 0.5) is 0 Å². The number of nitrogens with zero attached hydrogens (tertiary/aromatic N) is 4. The van der Waals surface area contributed by atoms with Gasteiger partial charge in [-0.3, -0.25) is 0 Å². The number of unbranched alkanes of at least 4 members (excludes halogenated alkanes) is 1. The van der Waals surface area contributed by atoms with Gasteiger partial charge in [0.15, 0.2) is 11.5 Å². The van der Waals surface area contributed by atoms with Crippen molar-refractivity contribution in [1.82, 2.24) is 19.7 Å². The third-order valence-electron chi connectivity index (χ3n) is 4.63. The van der Waals surface area contributed by atoms with Crippen LogP contribution in [0.3, 0.4) is 0 Å². The number of pyridine rings is 1. The molecule has 0 unspecified atom stereocenters. The van der Waals surface area contributed by atoms with E-state index in [0.717, 1.165) is 54.9 Å². The number of benzene rings is 1. The number of hydrogen-bond donors (Lipinski definition) is 1. The van der Waals surface area contributed by atoms with Crippen molar-refractivity contribution in [2.45, 2.75) is 52.5 Å². The molecule has 0 atom stereocenters. The van der Waals surface area contributed by atoms with Crippen molar-refractivity contribution in [3.8, 4) is 11.1 Å². The second-order valence-corrected chi connectivity index (χ2v) is 6.86. The number of hydrogen-bond acceptors (Lipinski definition) is 4. The first-order valence-corrected chi connectivity index (χ1v) is 9.82. The van der Waals surface area contributed by atoms with Crippen molar-refractivity contribution in [2.75, 3.05) is 0 Å². The van der Waals surface area contributed by atoms with Gasteiger partial charge in [0.05, 0.1) is 6.54 Å². The minimum Gasteiger partial charge on any atom is -0.476 e. The Balaban J connectivity index is 1.81. The summed E-state index contributed by atoms with van der Waals surface area (Å²) in [6, 6.07) is 11.4. The molecule has 0 fully saturated rings. The van der Waals surface area contributed by atoms with Gasteiger partial charge in [-0.05, 0) is 30.0 Å². The Morgan fingerprint density at radius 3 is 2.54 bits per heavy atom. The molecule has 0 bridgehead atoms. The van der Waals surface area contributed by atoms with Crippen molar-refractivity contribution in [1.29, 1.82) is 0 Å². The Kier molecular flexibility index (Phi) is 6.53. The fourth-order valence-corrected chi connectivity index (χ4v) is 3.17. The number of aromatic carboxylic acids is 1. The predicted molar refractivity (Wildman–Crippen MR) is 108 cm³/mol. The van der Waals surface area contributed by atoms with E-state index in [-0.39, 0.29) is 5.69 Å². The molecule has 2 heterocycles. The van der Waals surface area contributed by atoms with Crippen LogP contribution in [-0.4, -0.2) is 30.8 Å². The lowest BCUT2D eigenvalue weighted by molar-refractivity contribution is 0.0691. The first kappa shape index (κ1) is 19.7. The number of carboxylic acid groups (broad SMARTS) is 1. The summed E-state index contributed by atoms with van der Waals surface area (Å²) in [7, 11) is 0. The molecule has 3 aromatic rings. The Labute approximate surface area is 165 Å². The van der Waals surface area contributed by atoms with E-state index < -0.39 is 5.97 Å². The van der Waals surface area contributed by atoms with Crippen molar-refractivity contribution in [2.24, 2.45) is 0 Å². The number of aryl methyl sites for hydroxylation is 2. The third kappa shape index (κ3) is 4.63. The molecule has 0 saturated heterocycles. The molecular weight excluding hydrogens is 352 g/mol. The Hall–Kier alpha value is -3.02. The van der Waals surface area contributed by atoms with Gasteiger partial charge in [0, 0.05) is 24.6 Å². The average molecular weight is 378 g/mol. The van der Waals surface area contributed by atoms with Crippen molar-refractivity contribution in [3.63, 3.8) is 0 Å². The first-order valence-electron chi connectivity index (χ1n) is 9.82. The van der Waals surface area contributed by atoms with Gasteiger partial charge in [-0.2, -0.15) is 5.10 Å². The van der Waals surface area contributed by atoms with Gasteiger partial charge in [-0.25, -0.2) is 19.4 Å². The summed E-state index contributed by atoms with van der Waals surface area (Å²) < 4.78 is 2.00. The van der Waals surface area contributed by atoms with E-state index in [4.69, 9.17) is 10.1 Å². The summed E-state index contributed by atoms with van der Waals surface area (Å²) in [6.45, 7) is 4.98. The molecule has 146 valence electrons. The van der Waals surface area contributed by atoms with Gasteiger partial charge in [0.2, 0.25) is 0 Å². The lowest BCUT2D eigenvalue weighted by atomic mass is 10.0. The minimum atomic E-state index is -1.02. The molecule has 1 aromatic carbocycles. The van der Waals surface area contributed by atoms with Crippen LogP contribution in [0, 0.1) is 0 Å². The number of aromatic nitrogens is 4. The van der Waals surface area contributed by atoms with Crippen LogP contribution in [0.15, 0.2) is 42.6 Å². The highest BCUT2D eigenvalue weighted by Gasteiger charge is 2.13.